The van der Waals surface area contributed by atoms with Gasteiger partial charge >= 0.3 is 0 Å². The van der Waals surface area contributed by atoms with Crippen LogP contribution in [0.1, 0.15) is 49.3 Å². The maximum absolute atomic E-state index is 12.9. The first kappa shape index (κ1) is 16.9. The molecule has 1 aromatic carbocycles. The predicted octanol–water partition coefficient (Wildman–Crippen LogP) is 3.05. The average Bonchev–Trinajstić information content (AvgIpc) is 3.57. The standard InChI is InChI=1S/C22H26N4O/c1-13-9-15(12-26(11-13)22(27)20(23)14-4-5-14)16-6-7-18(19-10-25-19)21-17(16)3-2-8-24-21/h2-3,6-8,10,13-15,19-20H,4-5,9,11-12,23H2,1H3/t13-,15-,19?,20+/m1/s1. The molecule has 5 heteroatoms. The molecule has 5 nitrogen and oxygen atoms in total. The van der Waals surface area contributed by atoms with E-state index in [1.54, 1.807) is 0 Å². The highest BCUT2D eigenvalue weighted by molar-refractivity contribution is 5.92. The molecule has 1 saturated heterocycles. The van der Waals surface area contributed by atoms with Gasteiger partial charge in [0, 0.05) is 42.4 Å². The highest BCUT2D eigenvalue weighted by atomic mass is 16.2. The van der Waals surface area contributed by atoms with Gasteiger partial charge in [0.25, 0.3) is 0 Å². The number of aromatic nitrogens is 1. The Morgan fingerprint density at radius 3 is 2.74 bits per heavy atom. The lowest BCUT2D eigenvalue weighted by Gasteiger charge is -2.38. The van der Waals surface area contributed by atoms with Crippen LogP contribution in [0.25, 0.3) is 10.9 Å². The number of amides is 1. The molecular formula is C22H26N4O. The fourth-order valence-electron chi connectivity index (χ4n) is 4.64. The number of rotatable bonds is 4. The van der Waals surface area contributed by atoms with E-state index in [4.69, 9.17) is 5.73 Å². The molecule has 1 aromatic heterocycles. The molecule has 2 aliphatic heterocycles. The van der Waals surface area contributed by atoms with Crippen LogP contribution >= 0.6 is 0 Å². The van der Waals surface area contributed by atoms with E-state index in [1.165, 1.54) is 16.5 Å². The third-order valence-corrected chi connectivity index (χ3v) is 6.28. The van der Waals surface area contributed by atoms with E-state index in [0.717, 1.165) is 37.9 Å². The minimum absolute atomic E-state index is 0.138. The van der Waals surface area contributed by atoms with Crippen LogP contribution in [0.5, 0.6) is 0 Å². The van der Waals surface area contributed by atoms with Gasteiger partial charge in [-0.25, -0.2) is 0 Å². The second-order valence-corrected chi connectivity index (χ2v) is 8.53. The summed E-state index contributed by atoms with van der Waals surface area (Å²) in [6.45, 7) is 3.81. The molecule has 3 heterocycles. The molecule has 2 N–H and O–H groups in total. The minimum Gasteiger partial charge on any atom is -0.340 e. The van der Waals surface area contributed by atoms with Crippen LogP contribution in [-0.2, 0) is 4.79 Å². The van der Waals surface area contributed by atoms with Crippen molar-refractivity contribution in [3.63, 3.8) is 0 Å². The maximum Gasteiger partial charge on any atom is 0.239 e. The van der Waals surface area contributed by atoms with Crippen LogP contribution in [-0.4, -0.2) is 41.1 Å². The monoisotopic (exact) mass is 362 g/mol. The van der Waals surface area contributed by atoms with E-state index < -0.39 is 0 Å². The molecule has 2 fully saturated rings. The fraction of sp³-hybridized carbons (Fsp3) is 0.500. The number of carbonyl (C=O) groups is 1. The van der Waals surface area contributed by atoms with Gasteiger partial charge in [0.15, 0.2) is 0 Å². The summed E-state index contributed by atoms with van der Waals surface area (Å²) in [7, 11) is 0. The van der Waals surface area contributed by atoms with Gasteiger partial charge in [-0.1, -0.05) is 25.1 Å². The number of pyridine rings is 1. The van der Waals surface area contributed by atoms with Crippen molar-refractivity contribution in [1.29, 1.82) is 0 Å². The van der Waals surface area contributed by atoms with Gasteiger partial charge in [0.05, 0.1) is 11.6 Å². The van der Waals surface area contributed by atoms with Crippen molar-refractivity contribution < 1.29 is 4.79 Å². The molecular weight excluding hydrogens is 336 g/mol. The van der Waals surface area contributed by atoms with Crippen LogP contribution in [0.15, 0.2) is 35.5 Å². The number of nitrogens with two attached hydrogens (primary N) is 1. The van der Waals surface area contributed by atoms with Gasteiger partial charge in [-0.15, -0.1) is 0 Å². The van der Waals surface area contributed by atoms with Crippen LogP contribution in [0.2, 0.25) is 0 Å². The molecule has 1 saturated carbocycles. The van der Waals surface area contributed by atoms with Gasteiger partial charge in [0.2, 0.25) is 5.91 Å². The van der Waals surface area contributed by atoms with Crippen molar-refractivity contribution in [3.05, 3.63) is 41.6 Å². The Labute approximate surface area is 159 Å². The maximum atomic E-state index is 12.9. The number of carbonyl (C=O) groups excluding carboxylic acids is 1. The zero-order chi connectivity index (χ0) is 18.5. The number of fused-ring (bicyclic) bond motifs is 1. The summed E-state index contributed by atoms with van der Waals surface area (Å²) in [5, 5.41) is 1.20. The van der Waals surface area contributed by atoms with Gasteiger partial charge in [-0.3, -0.25) is 14.8 Å². The van der Waals surface area contributed by atoms with Crippen LogP contribution < -0.4 is 5.73 Å². The van der Waals surface area contributed by atoms with Crippen molar-refractivity contribution in [2.45, 2.75) is 44.2 Å². The fourth-order valence-corrected chi connectivity index (χ4v) is 4.64. The van der Waals surface area contributed by atoms with E-state index in [0.29, 0.717) is 17.8 Å². The molecule has 1 amide bonds. The van der Waals surface area contributed by atoms with E-state index >= 15 is 0 Å². The number of aliphatic imine (C=N–C) groups is 1. The second kappa shape index (κ2) is 6.41. The highest BCUT2D eigenvalue weighted by Gasteiger charge is 2.38. The van der Waals surface area contributed by atoms with E-state index in [2.05, 4.69) is 35.1 Å². The molecule has 0 bridgehead atoms. The SMILES string of the molecule is C[C@@H]1C[C@@H](c2ccc(C3C=N3)c3ncccc23)CN(C(=O)[C@@H](N)C2CC2)C1. The van der Waals surface area contributed by atoms with E-state index in [9.17, 15) is 4.79 Å². The van der Waals surface area contributed by atoms with Crippen LogP contribution in [0.4, 0.5) is 0 Å². The average molecular weight is 362 g/mol. The van der Waals surface area contributed by atoms with Crippen molar-refractivity contribution >= 4 is 23.0 Å². The highest BCUT2D eigenvalue weighted by Crippen LogP contribution is 2.39. The molecule has 1 aliphatic carbocycles. The predicted molar refractivity (Wildman–Crippen MR) is 107 cm³/mol. The summed E-state index contributed by atoms with van der Waals surface area (Å²) in [6, 6.07) is 8.43. The molecule has 27 heavy (non-hydrogen) atoms. The summed E-state index contributed by atoms with van der Waals surface area (Å²) in [5.74, 6) is 1.33. The number of benzene rings is 1. The molecule has 0 spiro atoms. The Hall–Kier alpha value is -2.27. The van der Waals surface area contributed by atoms with Gasteiger partial charge in [-0.2, -0.15) is 0 Å². The topological polar surface area (TPSA) is 71.6 Å². The van der Waals surface area contributed by atoms with E-state index in [-0.39, 0.29) is 18.0 Å². The molecule has 2 aromatic rings. The molecule has 4 atom stereocenters. The second-order valence-electron chi connectivity index (χ2n) is 8.53. The van der Waals surface area contributed by atoms with Crippen molar-refractivity contribution in [3.8, 4) is 0 Å². The zero-order valence-corrected chi connectivity index (χ0v) is 15.7. The third kappa shape index (κ3) is 3.14. The lowest BCUT2D eigenvalue weighted by Crippen LogP contribution is -2.50. The summed E-state index contributed by atoms with van der Waals surface area (Å²) in [5.41, 5.74) is 9.74. The van der Waals surface area contributed by atoms with Crippen LogP contribution in [0, 0.1) is 11.8 Å². The van der Waals surface area contributed by atoms with Crippen LogP contribution in [0.3, 0.4) is 0 Å². The Morgan fingerprint density at radius 1 is 1.22 bits per heavy atom. The molecule has 140 valence electrons. The molecule has 1 unspecified atom stereocenters. The van der Waals surface area contributed by atoms with Gasteiger partial charge in [0.1, 0.15) is 6.04 Å². The summed E-state index contributed by atoms with van der Waals surface area (Å²) >= 11 is 0. The first-order valence-electron chi connectivity index (χ1n) is 10.1. The lowest BCUT2D eigenvalue weighted by atomic mass is 9.82. The van der Waals surface area contributed by atoms with Gasteiger partial charge in [-0.05, 0) is 42.7 Å². The first-order chi connectivity index (χ1) is 13.1. The molecule has 0 radical (unpaired) electrons. The lowest BCUT2D eigenvalue weighted by molar-refractivity contribution is -0.135. The van der Waals surface area contributed by atoms with Crippen molar-refractivity contribution in [2.75, 3.05) is 13.1 Å². The number of piperidine rings is 1. The number of hydrogen-bond acceptors (Lipinski definition) is 4. The number of nitrogens with zero attached hydrogens (tertiary/aromatic N) is 3. The zero-order valence-electron chi connectivity index (χ0n) is 15.7. The number of likely N-dealkylation sites (tertiary alicyclic amines) is 1. The molecule has 5 rings (SSSR count). The Kier molecular flexibility index (Phi) is 4.01. The minimum atomic E-state index is -0.316. The Morgan fingerprint density at radius 2 is 2.00 bits per heavy atom. The summed E-state index contributed by atoms with van der Waals surface area (Å²) in [6.07, 6.45) is 7.10. The summed E-state index contributed by atoms with van der Waals surface area (Å²) < 4.78 is 0. The third-order valence-electron chi connectivity index (χ3n) is 6.28. The quantitative estimate of drug-likeness (QED) is 0.909. The normalized spacial score (nSPS) is 28.4. The van der Waals surface area contributed by atoms with Crippen molar-refractivity contribution in [1.82, 2.24) is 9.88 Å². The van der Waals surface area contributed by atoms with Crippen molar-refractivity contribution in [2.24, 2.45) is 22.6 Å². The van der Waals surface area contributed by atoms with E-state index in [1.807, 2.05) is 23.4 Å². The summed E-state index contributed by atoms with van der Waals surface area (Å²) in [4.78, 5) is 23.9. The largest absolute Gasteiger partial charge is 0.340 e. The Balaban J connectivity index is 1.46. The van der Waals surface area contributed by atoms with Gasteiger partial charge < -0.3 is 10.6 Å². The Bertz CT molecular complexity index is 914. The molecule has 3 aliphatic rings. The smallest absolute Gasteiger partial charge is 0.239 e. The number of hydrogen-bond donors (Lipinski definition) is 1. The first-order valence-corrected chi connectivity index (χ1v) is 10.1.